The Balaban J connectivity index is 2.20. The number of alkyl halides is 1. The number of aromatic nitrogens is 2. The van der Waals surface area contributed by atoms with Gasteiger partial charge in [-0.1, -0.05) is 11.6 Å². The molecule has 1 N–H and O–H groups in total. The van der Waals surface area contributed by atoms with Gasteiger partial charge in [0.05, 0.1) is 11.6 Å². The largest absolute Gasteiger partial charge is 0.333 e. The van der Waals surface area contributed by atoms with Crippen LogP contribution in [-0.2, 0) is 7.05 Å². The molecule has 1 atom stereocenters. The van der Waals surface area contributed by atoms with E-state index in [9.17, 15) is 9.18 Å². The maximum atomic E-state index is 14.0. The monoisotopic (exact) mass is 274 g/mol. The molecule has 2 heterocycles. The van der Waals surface area contributed by atoms with Crippen molar-refractivity contribution in [3.8, 4) is 0 Å². The first kappa shape index (κ1) is 13.3. The Labute approximate surface area is 110 Å². The van der Waals surface area contributed by atoms with Gasteiger partial charge in [0.25, 0.3) is 5.91 Å². The van der Waals surface area contributed by atoms with E-state index in [1.165, 1.54) is 16.5 Å². The molecule has 0 spiro atoms. The molecule has 18 heavy (non-hydrogen) atoms. The van der Waals surface area contributed by atoms with Crippen LogP contribution in [0.4, 0.5) is 4.39 Å². The van der Waals surface area contributed by atoms with Gasteiger partial charge in [-0.05, 0) is 6.92 Å². The fourth-order valence-corrected chi connectivity index (χ4v) is 2.28. The predicted octanol–water partition coefficient (Wildman–Crippen LogP) is 0.847. The fourth-order valence-electron chi connectivity index (χ4n) is 2.02. The maximum absolute atomic E-state index is 14.0. The smallest absolute Gasteiger partial charge is 0.276 e. The van der Waals surface area contributed by atoms with Gasteiger partial charge in [-0.2, -0.15) is 5.10 Å². The molecule has 100 valence electrons. The molecule has 0 aliphatic carbocycles. The number of carbonyl (C=O) groups excluding carboxylic acids is 1. The number of amides is 1. The topological polar surface area (TPSA) is 50.2 Å². The van der Waals surface area contributed by atoms with E-state index in [2.05, 4.69) is 10.4 Å². The fraction of sp³-hybridized carbons (Fsp3) is 0.636. The number of nitrogens with zero attached hydrogens (tertiary/aromatic N) is 3. The van der Waals surface area contributed by atoms with Gasteiger partial charge in [-0.15, -0.1) is 0 Å². The third-order valence-corrected chi connectivity index (χ3v) is 3.12. The van der Waals surface area contributed by atoms with Gasteiger partial charge in [0.2, 0.25) is 0 Å². The number of rotatable bonds is 1. The van der Waals surface area contributed by atoms with E-state index >= 15 is 0 Å². The van der Waals surface area contributed by atoms with Gasteiger partial charge < -0.3 is 10.2 Å². The number of nitrogens with one attached hydrogen (secondary N) is 1. The minimum absolute atomic E-state index is 0.0474. The van der Waals surface area contributed by atoms with Crippen molar-refractivity contribution in [3.63, 3.8) is 0 Å². The zero-order chi connectivity index (χ0) is 13.3. The summed E-state index contributed by atoms with van der Waals surface area (Å²) in [6.45, 7) is 2.78. The van der Waals surface area contributed by atoms with Crippen LogP contribution in [0.2, 0.25) is 5.02 Å². The number of hydrogen-bond acceptors (Lipinski definition) is 3. The van der Waals surface area contributed by atoms with E-state index < -0.39 is 5.67 Å². The second kappa shape index (κ2) is 4.85. The van der Waals surface area contributed by atoms with Gasteiger partial charge >= 0.3 is 0 Å². The van der Waals surface area contributed by atoms with Crippen molar-refractivity contribution in [2.75, 3.05) is 26.2 Å². The van der Waals surface area contributed by atoms with E-state index in [-0.39, 0.29) is 24.7 Å². The lowest BCUT2D eigenvalue weighted by atomic mass is 10.1. The Kier molecular flexibility index (Phi) is 3.59. The molecule has 0 aromatic carbocycles. The summed E-state index contributed by atoms with van der Waals surface area (Å²) in [6.07, 6.45) is 1.56. The van der Waals surface area contributed by atoms with Gasteiger partial charge in [-0.25, -0.2) is 4.39 Å². The summed E-state index contributed by atoms with van der Waals surface area (Å²) in [5.41, 5.74) is -1.26. The summed E-state index contributed by atoms with van der Waals surface area (Å²) in [5.74, 6) is -0.326. The first-order valence-corrected chi connectivity index (χ1v) is 6.15. The van der Waals surface area contributed by atoms with Crippen LogP contribution in [0.25, 0.3) is 0 Å². The second-order valence-corrected chi connectivity index (χ2v) is 5.22. The molecule has 2 rings (SSSR count). The normalized spacial score (nSPS) is 25.0. The summed E-state index contributed by atoms with van der Waals surface area (Å²) in [4.78, 5) is 13.7. The zero-order valence-corrected chi connectivity index (χ0v) is 11.2. The number of halogens is 2. The van der Waals surface area contributed by atoms with Crippen molar-refractivity contribution < 1.29 is 9.18 Å². The quantitative estimate of drug-likeness (QED) is 0.826. The molecule has 1 aromatic rings. The van der Waals surface area contributed by atoms with Crippen LogP contribution in [0.5, 0.6) is 0 Å². The summed E-state index contributed by atoms with van der Waals surface area (Å²) in [5, 5.41) is 7.27. The van der Waals surface area contributed by atoms with Crippen molar-refractivity contribution in [1.29, 1.82) is 0 Å². The Morgan fingerprint density at radius 2 is 2.39 bits per heavy atom. The number of carbonyl (C=O) groups is 1. The molecule has 1 aromatic heterocycles. The average Bonchev–Trinajstić information content (AvgIpc) is 2.49. The maximum Gasteiger partial charge on any atom is 0.276 e. The molecule has 0 saturated carbocycles. The summed E-state index contributed by atoms with van der Waals surface area (Å²) in [6, 6.07) is 0. The highest BCUT2D eigenvalue weighted by molar-refractivity contribution is 6.33. The highest BCUT2D eigenvalue weighted by atomic mass is 35.5. The molecular weight excluding hydrogens is 259 g/mol. The molecule has 7 heteroatoms. The van der Waals surface area contributed by atoms with Crippen LogP contribution < -0.4 is 5.32 Å². The van der Waals surface area contributed by atoms with E-state index in [0.717, 1.165) is 0 Å². The lowest BCUT2D eigenvalue weighted by Crippen LogP contribution is -2.42. The Morgan fingerprint density at radius 3 is 3.00 bits per heavy atom. The SMILES string of the molecule is Cn1cc(Cl)c(C(=O)N2CCNCC(C)(F)C2)n1. The zero-order valence-electron chi connectivity index (χ0n) is 10.4. The molecule has 0 bridgehead atoms. The molecule has 1 aliphatic heterocycles. The third-order valence-electron chi connectivity index (χ3n) is 2.85. The van der Waals surface area contributed by atoms with Crippen LogP contribution in [0.1, 0.15) is 17.4 Å². The van der Waals surface area contributed by atoms with Crippen molar-refractivity contribution >= 4 is 17.5 Å². The number of hydrogen-bond donors (Lipinski definition) is 1. The first-order valence-electron chi connectivity index (χ1n) is 5.77. The average molecular weight is 275 g/mol. The van der Waals surface area contributed by atoms with Gasteiger partial charge in [0.15, 0.2) is 5.69 Å². The molecule has 1 saturated heterocycles. The molecule has 5 nitrogen and oxygen atoms in total. The summed E-state index contributed by atoms with van der Waals surface area (Å²) < 4.78 is 15.5. The Morgan fingerprint density at radius 1 is 1.67 bits per heavy atom. The predicted molar refractivity (Wildman–Crippen MR) is 66.5 cm³/mol. The van der Waals surface area contributed by atoms with Crippen molar-refractivity contribution in [1.82, 2.24) is 20.0 Å². The molecule has 1 fully saturated rings. The second-order valence-electron chi connectivity index (χ2n) is 4.82. The Hall–Kier alpha value is -1.14. The van der Waals surface area contributed by atoms with Crippen LogP contribution in [-0.4, -0.2) is 52.4 Å². The molecule has 1 amide bonds. The lowest BCUT2D eigenvalue weighted by molar-refractivity contribution is 0.0650. The van der Waals surface area contributed by atoms with Crippen LogP contribution in [0.15, 0.2) is 6.20 Å². The van der Waals surface area contributed by atoms with Crippen molar-refractivity contribution in [3.05, 3.63) is 16.9 Å². The minimum Gasteiger partial charge on any atom is -0.333 e. The first-order chi connectivity index (χ1) is 8.39. The minimum atomic E-state index is -1.44. The molecule has 1 aliphatic rings. The van der Waals surface area contributed by atoms with Crippen LogP contribution >= 0.6 is 11.6 Å². The molecule has 1 unspecified atom stereocenters. The molecule has 0 radical (unpaired) electrons. The van der Waals surface area contributed by atoms with Crippen molar-refractivity contribution in [2.45, 2.75) is 12.6 Å². The van der Waals surface area contributed by atoms with E-state index in [4.69, 9.17) is 11.6 Å². The van der Waals surface area contributed by atoms with Crippen LogP contribution in [0, 0.1) is 0 Å². The molecular formula is C11H16ClFN4O. The summed E-state index contributed by atoms with van der Waals surface area (Å²) >= 11 is 5.93. The highest BCUT2D eigenvalue weighted by Gasteiger charge is 2.32. The van der Waals surface area contributed by atoms with E-state index in [1.54, 1.807) is 13.2 Å². The van der Waals surface area contributed by atoms with E-state index in [1.807, 2.05) is 0 Å². The van der Waals surface area contributed by atoms with E-state index in [0.29, 0.717) is 18.1 Å². The van der Waals surface area contributed by atoms with Crippen molar-refractivity contribution in [2.24, 2.45) is 7.05 Å². The standard InChI is InChI=1S/C11H16ClFN4O/c1-11(13)6-14-3-4-17(7-11)10(18)9-8(12)5-16(2)15-9/h5,14H,3-4,6-7H2,1-2H3. The lowest BCUT2D eigenvalue weighted by Gasteiger charge is -2.25. The number of aryl methyl sites for hydroxylation is 1. The van der Waals surface area contributed by atoms with Gasteiger partial charge in [-0.3, -0.25) is 9.48 Å². The van der Waals surface area contributed by atoms with Gasteiger partial charge in [0.1, 0.15) is 5.67 Å². The summed E-state index contributed by atoms with van der Waals surface area (Å²) in [7, 11) is 1.69. The highest BCUT2D eigenvalue weighted by Crippen LogP contribution is 2.19. The Bertz CT molecular complexity index is 460. The van der Waals surface area contributed by atoms with Gasteiger partial charge in [0, 0.05) is 32.9 Å². The van der Waals surface area contributed by atoms with Crippen LogP contribution in [0.3, 0.4) is 0 Å². The third kappa shape index (κ3) is 2.81.